The molecule has 3 rings (SSSR count). The Kier molecular flexibility index (Phi) is 8.71. The van der Waals surface area contributed by atoms with Crippen molar-refractivity contribution in [1.82, 2.24) is 0 Å². The molecule has 0 amide bonds. The van der Waals surface area contributed by atoms with Crippen LogP contribution in [0.5, 0.6) is 0 Å². The number of aliphatic hydroxyl groups is 1. The minimum absolute atomic E-state index is 0.0332. The van der Waals surface area contributed by atoms with Crippen molar-refractivity contribution < 1.29 is 19.4 Å². The van der Waals surface area contributed by atoms with Crippen LogP contribution >= 0.6 is 0 Å². The number of hydrogen-bond acceptors (Lipinski definition) is 4. The van der Waals surface area contributed by atoms with Gasteiger partial charge in [-0.05, 0) is 63.9 Å². The van der Waals surface area contributed by atoms with Gasteiger partial charge in [-0.15, -0.1) is 0 Å². The minimum atomic E-state index is -0.230. The van der Waals surface area contributed by atoms with Crippen molar-refractivity contribution in [2.75, 3.05) is 0 Å². The molecule has 172 valence electrons. The molecule has 1 N–H and O–H groups in total. The van der Waals surface area contributed by atoms with E-state index in [0.717, 1.165) is 95.5 Å². The zero-order valence-electron chi connectivity index (χ0n) is 19.2. The SMILES string of the molecule is CC(=O)C1(CCCCCC(O)CCCCCC2(C(=O)OCc3ccccc3)CC2)CC1. The molecule has 0 heterocycles. The maximum absolute atomic E-state index is 12.5. The number of carbonyl (C=O) groups excluding carboxylic acids is 2. The molecule has 2 fully saturated rings. The molecule has 2 aliphatic rings. The number of aliphatic hydroxyl groups excluding tert-OH is 1. The Morgan fingerprint density at radius 2 is 1.42 bits per heavy atom. The van der Waals surface area contributed by atoms with Crippen LogP contribution in [0, 0.1) is 10.8 Å². The van der Waals surface area contributed by atoms with Gasteiger partial charge >= 0.3 is 5.97 Å². The lowest BCUT2D eigenvalue weighted by Crippen LogP contribution is -2.19. The summed E-state index contributed by atoms with van der Waals surface area (Å²) >= 11 is 0. The van der Waals surface area contributed by atoms with Crippen LogP contribution in [0.2, 0.25) is 0 Å². The third-order valence-electron chi connectivity index (χ3n) is 7.49. The molecular weight excluding hydrogens is 388 g/mol. The van der Waals surface area contributed by atoms with E-state index in [2.05, 4.69) is 0 Å². The lowest BCUT2D eigenvalue weighted by molar-refractivity contribution is -0.152. The molecule has 0 radical (unpaired) electrons. The standard InChI is InChI=1S/C27H40O4/c1-22(28)26(17-18-26)15-9-3-7-13-24(29)14-8-4-10-16-27(19-20-27)25(30)31-21-23-11-5-2-6-12-23/h2,5-6,11-12,24,29H,3-4,7-10,13-21H2,1H3. The first-order valence-electron chi connectivity index (χ1n) is 12.4. The Morgan fingerprint density at radius 1 is 0.871 bits per heavy atom. The third-order valence-corrected chi connectivity index (χ3v) is 7.49. The molecule has 31 heavy (non-hydrogen) atoms. The zero-order chi connectivity index (χ0) is 22.2. The Bertz CT molecular complexity index is 703. The van der Waals surface area contributed by atoms with Crippen molar-refractivity contribution in [2.45, 2.75) is 110 Å². The maximum atomic E-state index is 12.5. The van der Waals surface area contributed by atoms with E-state index >= 15 is 0 Å². The molecule has 1 aromatic carbocycles. The first-order chi connectivity index (χ1) is 15.0. The van der Waals surface area contributed by atoms with Crippen LogP contribution in [0.25, 0.3) is 0 Å². The lowest BCUT2D eigenvalue weighted by Gasteiger charge is -2.15. The van der Waals surface area contributed by atoms with Crippen LogP contribution in [0.15, 0.2) is 30.3 Å². The topological polar surface area (TPSA) is 63.6 Å². The van der Waals surface area contributed by atoms with Gasteiger partial charge in [-0.2, -0.15) is 0 Å². The van der Waals surface area contributed by atoms with E-state index in [0.29, 0.717) is 12.4 Å². The first-order valence-corrected chi connectivity index (χ1v) is 12.4. The van der Waals surface area contributed by atoms with Gasteiger partial charge in [-0.1, -0.05) is 68.9 Å². The quantitative estimate of drug-likeness (QED) is 0.254. The van der Waals surface area contributed by atoms with Crippen molar-refractivity contribution in [3.8, 4) is 0 Å². The van der Waals surface area contributed by atoms with E-state index in [9.17, 15) is 14.7 Å². The van der Waals surface area contributed by atoms with E-state index in [4.69, 9.17) is 4.74 Å². The number of benzene rings is 1. The van der Waals surface area contributed by atoms with Crippen LogP contribution in [0.4, 0.5) is 0 Å². The number of hydrogen-bond donors (Lipinski definition) is 1. The second kappa shape index (κ2) is 11.3. The Hall–Kier alpha value is -1.68. The highest BCUT2D eigenvalue weighted by atomic mass is 16.5. The molecule has 0 aromatic heterocycles. The molecule has 2 aliphatic carbocycles. The summed E-state index contributed by atoms with van der Waals surface area (Å²) in [4.78, 5) is 24.1. The van der Waals surface area contributed by atoms with Crippen molar-refractivity contribution >= 4 is 11.8 Å². The smallest absolute Gasteiger partial charge is 0.312 e. The first kappa shape index (κ1) is 24.0. The van der Waals surface area contributed by atoms with Crippen molar-refractivity contribution in [3.05, 3.63) is 35.9 Å². The zero-order valence-corrected chi connectivity index (χ0v) is 19.2. The third kappa shape index (κ3) is 7.45. The largest absolute Gasteiger partial charge is 0.460 e. The summed E-state index contributed by atoms with van der Waals surface area (Å²) in [6.45, 7) is 2.10. The van der Waals surface area contributed by atoms with E-state index in [1.54, 1.807) is 6.92 Å². The Balaban J connectivity index is 1.18. The molecule has 4 nitrogen and oxygen atoms in total. The van der Waals surface area contributed by atoms with Gasteiger partial charge in [-0.25, -0.2) is 0 Å². The lowest BCUT2D eigenvalue weighted by atomic mass is 9.93. The molecule has 1 aromatic rings. The van der Waals surface area contributed by atoms with Gasteiger partial charge in [0.2, 0.25) is 0 Å². The number of unbranched alkanes of at least 4 members (excludes halogenated alkanes) is 4. The van der Waals surface area contributed by atoms with Crippen LogP contribution in [-0.4, -0.2) is 23.0 Å². The number of Topliss-reactive ketones (excluding diaryl/α,β-unsaturated/α-hetero) is 1. The molecule has 0 saturated heterocycles. The van der Waals surface area contributed by atoms with Gasteiger partial charge < -0.3 is 9.84 Å². The summed E-state index contributed by atoms with van der Waals surface area (Å²) in [5, 5.41) is 10.2. The van der Waals surface area contributed by atoms with Gasteiger partial charge in [0.25, 0.3) is 0 Å². The van der Waals surface area contributed by atoms with Gasteiger partial charge in [0.05, 0.1) is 11.5 Å². The number of ether oxygens (including phenoxy) is 1. The molecule has 1 unspecified atom stereocenters. The fourth-order valence-corrected chi connectivity index (χ4v) is 4.70. The molecule has 0 aliphatic heterocycles. The van der Waals surface area contributed by atoms with E-state index in [1.807, 2.05) is 30.3 Å². The van der Waals surface area contributed by atoms with Crippen LogP contribution in [0.3, 0.4) is 0 Å². The minimum Gasteiger partial charge on any atom is -0.460 e. The molecule has 0 bridgehead atoms. The summed E-state index contributed by atoms with van der Waals surface area (Å²) in [5.74, 6) is 0.333. The second-order valence-corrected chi connectivity index (χ2v) is 10.0. The highest BCUT2D eigenvalue weighted by Gasteiger charge is 2.50. The Labute approximate surface area is 187 Å². The van der Waals surface area contributed by atoms with Gasteiger partial charge in [0.15, 0.2) is 0 Å². The maximum Gasteiger partial charge on any atom is 0.312 e. The highest BCUT2D eigenvalue weighted by Crippen LogP contribution is 2.51. The van der Waals surface area contributed by atoms with Gasteiger partial charge in [0, 0.05) is 5.41 Å². The van der Waals surface area contributed by atoms with Crippen LogP contribution in [0.1, 0.15) is 102 Å². The molecular formula is C27H40O4. The summed E-state index contributed by atoms with van der Waals surface area (Å²) in [5.41, 5.74) is 0.837. The molecule has 0 spiro atoms. The van der Waals surface area contributed by atoms with Crippen LogP contribution in [-0.2, 0) is 20.9 Å². The average molecular weight is 429 g/mol. The van der Waals surface area contributed by atoms with E-state index in [1.165, 1.54) is 0 Å². The van der Waals surface area contributed by atoms with Crippen molar-refractivity contribution in [1.29, 1.82) is 0 Å². The summed E-state index contributed by atoms with van der Waals surface area (Å²) in [6.07, 6.45) is 13.9. The van der Waals surface area contributed by atoms with E-state index < -0.39 is 0 Å². The van der Waals surface area contributed by atoms with Crippen LogP contribution < -0.4 is 0 Å². The molecule has 4 heteroatoms. The van der Waals surface area contributed by atoms with Crippen molar-refractivity contribution in [2.24, 2.45) is 10.8 Å². The predicted molar refractivity (Wildman–Crippen MR) is 122 cm³/mol. The normalized spacial score (nSPS) is 18.9. The highest BCUT2D eigenvalue weighted by molar-refractivity contribution is 5.84. The predicted octanol–water partition coefficient (Wildman–Crippen LogP) is 6.14. The Morgan fingerprint density at radius 3 is 1.94 bits per heavy atom. The van der Waals surface area contributed by atoms with Crippen molar-refractivity contribution in [3.63, 3.8) is 0 Å². The van der Waals surface area contributed by atoms with Gasteiger partial charge in [-0.3, -0.25) is 9.59 Å². The number of carbonyl (C=O) groups is 2. The fraction of sp³-hybridized carbons (Fsp3) is 0.704. The second-order valence-electron chi connectivity index (χ2n) is 10.0. The molecule has 2 saturated carbocycles. The average Bonchev–Trinajstić information content (AvgIpc) is 3.68. The summed E-state index contributed by atoms with van der Waals surface area (Å²) < 4.78 is 5.56. The summed E-state index contributed by atoms with van der Waals surface area (Å²) in [7, 11) is 0. The molecule has 1 atom stereocenters. The fourth-order valence-electron chi connectivity index (χ4n) is 4.70. The summed E-state index contributed by atoms with van der Waals surface area (Å²) in [6, 6.07) is 9.84. The number of ketones is 1. The number of esters is 1. The monoisotopic (exact) mass is 428 g/mol. The number of rotatable bonds is 16. The van der Waals surface area contributed by atoms with E-state index in [-0.39, 0.29) is 22.9 Å². The van der Waals surface area contributed by atoms with Gasteiger partial charge in [0.1, 0.15) is 12.4 Å².